The average molecular weight is 469 g/mol. The molecule has 0 saturated carbocycles. The van der Waals surface area contributed by atoms with Gasteiger partial charge < -0.3 is 18.7 Å². The molecular weight excluding hydrogens is 444 g/mol. The number of rotatable bonds is 6. The third-order valence-corrected chi connectivity index (χ3v) is 6.41. The summed E-state index contributed by atoms with van der Waals surface area (Å²) in [7, 11) is 1.56. The maximum absolute atomic E-state index is 13.2. The number of carbonyl (C=O) groups is 1. The lowest BCUT2D eigenvalue weighted by Crippen LogP contribution is -2.16. The van der Waals surface area contributed by atoms with Crippen LogP contribution in [0.15, 0.2) is 80.6 Å². The van der Waals surface area contributed by atoms with Crippen molar-refractivity contribution in [2.45, 2.75) is 26.2 Å². The van der Waals surface area contributed by atoms with Crippen LogP contribution >= 0.6 is 0 Å². The van der Waals surface area contributed by atoms with E-state index in [2.05, 4.69) is 0 Å². The van der Waals surface area contributed by atoms with Gasteiger partial charge in [-0.05, 0) is 43.2 Å². The molecule has 0 bridgehead atoms. The van der Waals surface area contributed by atoms with Crippen LogP contribution in [0.25, 0.3) is 33.1 Å². The zero-order valence-corrected chi connectivity index (χ0v) is 19.6. The smallest absolute Gasteiger partial charge is 0.343 e. The fourth-order valence-electron chi connectivity index (χ4n) is 4.67. The number of carbonyl (C=O) groups excluding carboxylic acids is 1. The number of fused-ring (bicyclic) bond motifs is 2. The Morgan fingerprint density at radius 3 is 2.40 bits per heavy atom. The number of Topliss-reactive ketones (excluding diaryl/α,β-unsaturated/α-hetero) is 1. The second-order valence-electron chi connectivity index (χ2n) is 8.65. The van der Waals surface area contributed by atoms with Crippen LogP contribution in [0.3, 0.4) is 0 Å². The number of hydrogen-bond acceptors (Lipinski definition) is 6. The molecule has 0 saturated heterocycles. The van der Waals surface area contributed by atoms with Crippen LogP contribution in [0, 0.1) is 6.92 Å². The zero-order valence-electron chi connectivity index (χ0n) is 19.6. The molecule has 1 atom stereocenters. The summed E-state index contributed by atoms with van der Waals surface area (Å²) in [6.45, 7) is 3.25. The van der Waals surface area contributed by atoms with Crippen molar-refractivity contribution in [2.75, 3.05) is 7.11 Å². The van der Waals surface area contributed by atoms with E-state index >= 15 is 0 Å². The Morgan fingerprint density at radius 1 is 1.03 bits per heavy atom. The Kier molecular flexibility index (Phi) is 5.65. The molecule has 0 aliphatic heterocycles. The zero-order chi connectivity index (χ0) is 24.7. The van der Waals surface area contributed by atoms with Gasteiger partial charge in [0.2, 0.25) is 0 Å². The van der Waals surface area contributed by atoms with Crippen LogP contribution in [-0.2, 0) is 4.79 Å². The van der Waals surface area contributed by atoms with E-state index in [-0.39, 0.29) is 29.1 Å². The van der Waals surface area contributed by atoms with Gasteiger partial charge in [0.15, 0.2) is 0 Å². The van der Waals surface area contributed by atoms with Crippen molar-refractivity contribution in [3.8, 4) is 22.6 Å². The van der Waals surface area contributed by atoms with E-state index in [1.165, 1.54) is 6.92 Å². The van der Waals surface area contributed by atoms with Crippen LogP contribution in [0.1, 0.15) is 36.0 Å². The largest absolute Gasteiger partial charge is 0.507 e. The maximum atomic E-state index is 13.2. The van der Waals surface area contributed by atoms with Crippen molar-refractivity contribution in [2.24, 2.45) is 0 Å². The molecular formula is C29H24O6. The Hall–Kier alpha value is -4.32. The number of aryl methyl sites for hydroxylation is 1. The average Bonchev–Trinajstić information content (AvgIpc) is 3.29. The summed E-state index contributed by atoms with van der Waals surface area (Å²) in [4.78, 5) is 25.3. The van der Waals surface area contributed by atoms with Crippen molar-refractivity contribution < 1.29 is 23.5 Å². The first-order chi connectivity index (χ1) is 16.9. The monoisotopic (exact) mass is 468 g/mol. The van der Waals surface area contributed by atoms with Gasteiger partial charge in [0.25, 0.3) is 0 Å². The number of ether oxygens (including phenoxy) is 1. The van der Waals surface area contributed by atoms with E-state index in [1.807, 2.05) is 30.3 Å². The Balaban J connectivity index is 1.77. The lowest BCUT2D eigenvalue weighted by molar-refractivity contribution is -0.117. The van der Waals surface area contributed by atoms with Crippen molar-refractivity contribution in [1.29, 1.82) is 0 Å². The summed E-state index contributed by atoms with van der Waals surface area (Å²) in [5.74, 6) is -0.328. The van der Waals surface area contributed by atoms with Crippen molar-refractivity contribution in [3.05, 3.63) is 94.0 Å². The molecule has 0 aliphatic carbocycles. The number of furan rings is 1. The molecule has 176 valence electrons. The summed E-state index contributed by atoms with van der Waals surface area (Å²) >= 11 is 0. The molecule has 0 radical (unpaired) electrons. The van der Waals surface area contributed by atoms with Gasteiger partial charge in [-0.25, -0.2) is 4.79 Å². The summed E-state index contributed by atoms with van der Waals surface area (Å²) in [5.41, 5.74) is 3.37. The summed E-state index contributed by atoms with van der Waals surface area (Å²) < 4.78 is 16.8. The fourth-order valence-corrected chi connectivity index (χ4v) is 4.67. The molecule has 5 rings (SSSR count). The predicted octanol–water partition coefficient (Wildman–Crippen LogP) is 6.34. The molecule has 0 spiro atoms. The van der Waals surface area contributed by atoms with Gasteiger partial charge in [0.1, 0.15) is 28.4 Å². The lowest BCUT2D eigenvalue weighted by atomic mass is 9.86. The SMILES string of the molecule is COc1ccc(C(CC(C)=O)c2c(O)c3cc4c(-c5ccccc5)coc4c(C)c3oc2=O)cc1. The minimum atomic E-state index is -0.686. The van der Waals surface area contributed by atoms with E-state index in [0.29, 0.717) is 27.8 Å². The second-order valence-corrected chi connectivity index (χ2v) is 8.65. The third-order valence-electron chi connectivity index (χ3n) is 6.41. The molecule has 5 aromatic rings. The van der Waals surface area contributed by atoms with E-state index < -0.39 is 11.5 Å². The number of hydrogen-bond donors (Lipinski definition) is 1. The summed E-state index contributed by atoms with van der Waals surface area (Å²) in [5, 5.41) is 12.6. The van der Waals surface area contributed by atoms with Crippen LogP contribution in [0.5, 0.6) is 11.5 Å². The highest BCUT2D eigenvalue weighted by atomic mass is 16.5. The van der Waals surface area contributed by atoms with Gasteiger partial charge in [0, 0.05) is 28.9 Å². The first kappa shape index (κ1) is 22.5. The molecule has 1 unspecified atom stereocenters. The van der Waals surface area contributed by atoms with Gasteiger partial charge in [-0.15, -0.1) is 0 Å². The minimum absolute atomic E-state index is 0.0400. The quantitative estimate of drug-likeness (QED) is 0.293. The van der Waals surface area contributed by atoms with Crippen LogP contribution < -0.4 is 10.4 Å². The van der Waals surface area contributed by atoms with Gasteiger partial charge in [-0.2, -0.15) is 0 Å². The number of methoxy groups -OCH3 is 1. The van der Waals surface area contributed by atoms with Crippen molar-refractivity contribution in [1.82, 2.24) is 0 Å². The fraction of sp³-hybridized carbons (Fsp3) is 0.172. The van der Waals surface area contributed by atoms with Crippen LogP contribution in [0.2, 0.25) is 0 Å². The minimum Gasteiger partial charge on any atom is -0.507 e. The molecule has 0 amide bonds. The van der Waals surface area contributed by atoms with E-state index in [1.54, 1.807) is 50.6 Å². The summed E-state index contributed by atoms with van der Waals surface area (Å²) in [6.07, 6.45) is 1.70. The number of ketones is 1. The molecule has 0 aliphatic rings. The van der Waals surface area contributed by atoms with Gasteiger partial charge in [0.05, 0.1) is 24.3 Å². The summed E-state index contributed by atoms with van der Waals surface area (Å²) in [6, 6.07) is 18.6. The van der Waals surface area contributed by atoms with Crippen molar-refractivity contribution in [3.63, 3.8) is 0 Å². The molecule has 3 aromatic carbocycles. The maximum Gasteiger partial charge on any atom is 0.343 e. The topological polar surface area (TPSA) is 89.9 Å². The molecule has 35 heavy (non-hydrogen) atoms. The van der Waals surface area contributed by atoms with Gasteiger partial charge in [-0.3, -0.25) is 4.79 Å². The number of aromatic hydroxyl groups is 1. The van der Waals surface area contributed by atoms with Gasteiger partial charge in [-0.1, -0.05) is 42.5 Å². The van der Waals surface area contributed by atoms with E-state index in [4.69, 9.17) is 13.6 Å². The molecule has 1 N–H and O–H groups in total. The third kappa shape index (κ3) is 3.87. The molecule has 2 aromatic heterocycles. The molecule has 6 heteroatoms. The first-order valence-electron chi connectivity index (χ1n) is 11.3. The van der Waals surface area contributed by atoms with E-state index in [0.717, 1.165) is 16.5 Å². The van der Waals surface area contributed by atoms with Crippen LogP contribution in [-0.4, -0.2) is 18.0 Å². The highest BCUT2D eigenvalue weighted by molar-refractivity contribution is 6.05. The lowest BCUT2D eigenvalue weighted by Gasteiger charge is -2.18. The van der Waals surface area contributed by atoms with Crippen molar-refractivity contribution >= 4 is 27.7 Å². The number of benzene rings is 3. The highest BCUT2D eigenvalue weighted by Crippen LogP contribution is 2.42. The first-order valence-corrected chi connectivity index (χ1v) is 11.3. The molecule has 2 heterocycles. The van der Waals surface area contributed by atoms with Crippen LogP contribution in [0.4, 0.5) is 0 Å². The Bertz CT molecular complexity index is 1610. The molecule has 6 nitrogen and oxygen atoms in total. The van der Waals surface area contributed by atoms with Gasteiger partial charge >= 0.3 is 5.63 Å². The predicted molar refractivity (Wildman–Crippen MR) is 134 cm³/mol. The standard InChI is InChI=1S/C29H24O6/c1-16(30)13-21(19-9-11-20(33-3)12-10-19)25-26(31)23-14-22-24(18-7-5-4-6-8-18)15-34-27(22)17(2)28(23)35-29(25)32/h4-12,14-15,21,31H,13H2,1-3H3. The Morgan fingerprint density at radius 2 is 1.74 bits per heavy atom. The van der Waals surface area contributed by atoms with E-state index in [9.17, 15) is 14.7 Å². The molecule has 0 fully saturated rings. The highest BCUT2D eigenvalue weighted by Gasteiger charge is 2.27. The Labute approximate surface area is 201 Å². The second kappa shape index (κ2) is 8.80. The normalized spacial score (nSPS) is 12.2.